The Morgan fingerprint density at radius 3 is 2.42 bits per heavy atom. The van der Waals surface area contributed by atoms with Crippen molar-refractivity contribution < 1.29 is 10.2 Å². The van der Waals surface area contributed by atoms with Gasteiger partial charge in [-0.1, -0.05) is 43.2 Å². The molecule has 1 aromatic rings. The van der Waals surface area contributed by atoms with Gasteiger partial charge < -0.3 is 15.1 Å². The van der Waals surface area contributed by atoms with Crippen molar-refractivity contribution in [2.24, 2.45) is 5.41 Å². The third-order valence-electron chi connectivity index (χ3n) is 4.27. The van der Waals surface area contributed by atoms with E-state index in [1.54, 1.807) is 0 Å². The highest BCUT2D eigenvalue weighted by Crippen LogP contribution is 2.38. The summed E-state index contributed by atoms with van der Waals surface area (Å²) in [5.41, 5.74) is 1.02. The van der Waals surface area contributed by atoms with Crippen LogP contribution in [0.4, 0.5) is 0 Å². The zero-order chi connectivity index (χ0) is 13.7. The van der Waals surface area contributed by atoms with E-state index in [0.29, 0.717) is 6.54 Å². The van der Waals surface area contributed by atoms with Crippen LogP contribution in [0.3, 0.4) is 0 Å². The highest BCUT2D eigenvalue weighted by molar-refractivity contribution is 5.17. The van der Waals surface area contributed by atoms with Crippen molar-refractivity contribution in [1.29, 1.82) is 0 Å². The van der Waals surface area contributed by atoms with Crippen molar-refractivity contribution in [1.82, 2.24) is 4.90 Å². The number of likely N-dealkylation sites (N-methyl/N-ethyl adjacent to an activating group) is 1. The van der Waals surface area contributed by atoms with Gasteiger partial charge in [0.2, 0.25) is 0 Å². The molecule has 3 nitrogen and oxygen atoms in total. The Hall–Kier alpha value is -0.900. The fourth-order valence-corrected chi connectivity index (χ4v) is 3.20. The number of aliphatic hydroxyl groups is 2. The second-order valence-electron chi connectivity index (χ2n) is 5.99. The molecule has 3 heteroatoms. The minimum Gasteiger partial charge on any atom is -0.396 e. The Kier molecular flexibility index (Phi) is 4.97. The molecule has 0 unspecified atom stereocenters. The van der Waals surface area contributed by atoms with Crippen LogP contribution in [0.2, 0.25) is 0 Å². The maximum atomic E-state index is 10.2. The normalized spacial score (nSPS) is 19.8. The average molecular weight is 263 g/mol. The molecule has 0 amide bonds. The summed E-state index contributed by atoms with van der Waals surface area (Å²) >= 11 is 0. The first kappa shape index (κ1) is 14.5. The Morgan fingerprint density at radius 1 is 1.21 bits per heavy atom. The lowest BCUT2D eigenvalue weighted by molar-refractivity contribution is 0.0610. The zero-order valence-corrected chi connectivity index (χ0v) is 11.8. The minimum atomic E-state index is -0.455. The summed E-state index contributed by atoms with van der Waals surface area (Å²) < 4.78 is 0. The van der Waals surface area contributed by atoms with Gasteiger partial charge in [-0.25, -0.2) is 0 Å². The first-order valence-electron chi connectivity index (χ1n) is 7.18. The van der Waals surface area contributed by atoms with Crippen LogP contribution >= 0.6 is 0 Å². The van der Waals surface area contributed by atoms with Gasteiger partial charge in [0.1, 0.15) is 0 Å². The molecule has 1 aliphatic rings. The van der Waals surface area contributed by atoms with Gasteiger partial charge in [0.05, 0.1) is 6.10 Å². The largest absolute Gasteiger partial charge is 0.396 e. The number of hydrogen-bond acceptors (Lipinski definition) is 3. The fraction of sp³-hybridized carbons (Fsp3) is 0.625. The molecule has 1 aliphatic carbocycles. The molecule has 2 N–H and O–H groups in total. The SMILES string of the molecule is CN(C[C@H](O)c1ccccc1)CC1(CO)CCCC1. The lowest BCUT2D eigenvalue weighted by Crippen LogP contribution is -2.38. The number of aliphatic hydroxyl groups excluding tert-OH is 2. The summed E-state index contributed by atoms with van der Waals surface area (Å²) in [6, 6.07) is 9.76. The van der Waals surface area contributed by atoms with Gasteiger partial charge in [0.15, 0.2) is 0 Å². The van der Waals surface area contributed by atoms with Crippen molar-refractivity contribution >= 4 is 0 Å². The molecule has 1 aromatic carbocycles. The third kappa shape index (κ3) is 3.78. The van der Waals surface area contributed by atoms with E-state index in [-0.39, 0.29) is 12.0 Å². The molecule has 0 aromatic heterocycles. The summed E-state index contributed by atoms with van der Waals surface area (Å²) in [5.74, 6) is 0. The molecular formula is C16H25NO2. The first-order valence-corrected chi connectivity index (χ1v) is 7.18. The lowest BCUT2D eigenvalue weighted by Gasteiger charge is -2.32. The van der Waals surface area contributed by atoms with Gasteiger partial charge in [-0.2, -0.15) is 0 Å². The highest BCUT2D eigenvalue weighted by atomic mass is 16.3. The smallest absolute Gasteiger partial charge is 0.0916 e. The van der Waals surface area contributed by atoms with E-state index >= 15 is 0 Å². The van der Waals surface area contributed by atoms with E-state index in [1.165, 1.54) is 12.8 Å². The summed E-state index contributed by atoms with van der Waals surface area (Å²) in [6.07, 6.45) is 4.19. The quantitative estimate of drug-likeness (QED) is 0.827. The Labute approximate surface area is 115 Å². The molecule has 19 heavy (non-hydrogen) atoms. The maximum Gasteiger partial charge on any atom is 0.0916 e. The van der Waals surface area contributed by atoms with E-state index < -0.39 is 6.10 Å². The van der Waals surface area contributed by atoms with Crippen LogP contribution in [0.5, 0.6) is 0 Å². The van der Waals surface area contributed by atoms with Crippen molar-refractivity contribution in [2.45, 2.75) is 31.8 Å². The van der Waals surface area contributed by atoms with Crippen molar-refractivity contribution in [3.8, 4) is 0 Å². The maximum absolute atomic E-state index is 10.2. The van der Waals surface area contributed by atoms with E-state index in [9.17, 15) is 10.2 Å². The molecule has 1 atom stereocenters. The molecule has 0 spiro atoms. The second-order valence-corrected chi connectivity index (χ2v) is 5.99. The monoisotopic (exact) mass is 263 g/mol. The van der Waals surface area contributed by atoms with Crippen LogP contribution in [0.25, 0.3) is 0 Å². The van der Waals surface area contributed by atoms with Crippen molar-refractivity contribution in [3.63, 3.8) is 0 Å². The topological polar surface area (TPSA) is 43.7 Å². The Bertz CT molecular complexity index is 374. The van der Waals surface area contributed by atoms with Crippen LogP contribution in [0.1, 0.15) is 37.4 Å². The number of nitrogens with zero attached hydrogens (tertiary/aromatic N) is 1. The predicted molar refractivity (Wildman–Crippen MR) is 76.9 cm³/mol. The van der Waals surface area contributed by atoms with Gasteiger partial charge in [0, 0.05) is 25.1 Å². The average Bonchev–Trinajstić information content (AvgIpc) is 2.88. The van der Waals surface area contributed by atoms with E-state index in [1.807, 2.05) is 37.4 Å². The van der Waals surface area contributed by atoms with Crippen LogP contribution < -0.4 is 0 Å². The summed E-state index contributed by atoms with van der Waals surface area (Å²) in [6.45, 7) is 1.75. The Morgan fingerprint density at radius 2 is 1.84 bits per heavy atom. The van der Waals surface area contributed by atoms with Crippen molar-refractivity contribution in [2.75, 3.05) is 26.7 Å². The van der Waals surface area contributed by atoms with Crippen LogP contribution in [0, 0.1) is 5.41 Å². The van der Waals surface area contributed by atoms with E-state index in [2.05, 4.69) is 4.90 Å². The number of rotatable bonds is 6. The van der Waals surface area contributed by atoms with Crippen LogP contribution in [0.15, 0.2) is 30.3 Å². The van der Waals surface area contributed by atoms with Gasteiger partial charge in [-0.3, -0.25) is 0 Å². The molecular weight excluding hydrogens is 238 g/mol. The molecule has 106 valence electrons. The lowest BCUT2D eigenvalue weighted by atomic mass is 9.86. The highest BCUT2D eigenvalue weighted by Gasteiger charge is 2.34. The molecule has 0 heterocycles. The van der Waals surface area contributed by atoms with Crippen LogP contribution in [-0.2, 0) is 0 Å². The second kappa shape index (κ2) is 6.51. The molecule has 2 rings (SSSR count). The van der Waals surface area contributed by atoms with Gasteiger partial charge >= 0.3 is 0 Å². The zero-order valence-electron chi connectivity index (χ0n) is 11.8. The minimum absolute atomic E-state index is 0.0607. The molecule has 0 aliphatic heterocycles. The summed E-state index contributed by atoms with van der Waals surface area (Å²) in [4.78, 5) is 2.15. The van der Waals surface area contributed by atoms with Crippen molar-refractivity contribution in [3.05, 3.63) is 35.9 Å². The van der Waals surface area contributed by atoms with E-state index in [0.717, 1.165) is 24.9 Å². The molecule has 0 radical (unpaired) electrons. The summed E-state index contributed by atoms with van der Waals surface area (Å²) in [5, 5.41) is 19.8. The third-order valence-corrected chi connectivity index (χ3v) is 4.27. The first-order chi connectivity index (χ1) is 9.15. The molecule has 0 bridgehead atoms. The predicted octanol–water partition coefficient (Wildman–Crippen LogP) is 2.20. The van der Waals surface area contributed by atoms with Gasteiger partial charge in [0.25, 0.3) is 0 Å². The van der Waals surface area contributed by atoms with Crippen LogP contribution in [-0.4, -0.2) is 41.9 Å². The van der Waals surface area contributed by atoms with Gasteiger partial charge in [-0.15, -0.1) is 0 Å². The summed E-state index contributed by atoms with van der Waals surface area (Å²) in [7, 11) is 2.03. The van der Waals surface area contributed by atoms with Gasteiger partial charge in [-0.05, 0) is 25.5 Å². The number of hydrogen-bond donors (Lipinski definition) is 2. The Balaban J connectivity index is 1.88. The molecule has 0 saturated heterocycles. The standard InChI is InChI=1S/C16H25NO2/c1-17(12-16(13-18)9-5-6-10-16)11-15(19)14-7-3-2-4-8-14/h2-4,7-8,15,18-19H,5-6,9-13H2,1H3/t15-/m0/s1. The fourth-order valence-electron chi connectivity index (χ4n) is 3.20. The number of benzene rings is 1. The molecule has 1 saturated carbocycles. The molecule has 1 fully saturated rings. The van der Waals surface area contributed by atoms with E-state index in [4.69, 9.17) is 0 Å².